The van der Waals surface area contributed by atoms with Gasteiger partial charge in [-0.1, -0.05) is 36.4 Å². The summed E-state index contributed by atoms with van der Waals surface area (Å²) >= 11 is 0. The molecule has 1 unspecified atom stereocenters. The van der Waals surface area contributed by atoms with E-state index in [4.69, 9.17) is 19.9 Å². The van der Waals surface area contributed by atoms with Crippen molar-refractivity contribution >= 4 is 0 Å². The highest BCUT2D eigenvalue weighted by atomic mass is 19.1. The van der Waals surface area contributed by atoms with Crippen LogP contribution in [0.1, 0.15) is 11.1 Å². The fourth-order valence-electron chi connectivity index (χ4n) is 2.19. The number of benzene rings is 2. The zero-order valence-electron chi connectivity index (χ0n) is 12.2. The van der Waals surface area contributed by atoms with Gasteiger partial charge in [-0.15, -0.1) is 0 Å². The van der Waals surface area contributed by atoms with Crippen LogP contribution in [0.25, 0.3) is 0 Å². The molecule has 3 rings (SSSR count). The molecule has 6 heteroatoms. The lowest BCUT2D eigenvalue weighted by molar-refractivity contribution is -0.0528. The number of rotatable bonds is 5. The van der Waals surface area contributed by atoms with Crippen molar-refractivity contribution in [2.75, 3.05) is 0 Å². The van der Waals surface area contributed by atoms with Crippen molar-refractivity contribution < 1.29 is 23.0 Å². The maximum absolute atomic E-state index is 14.1. The van der Waals surface area contributed by atoms with Crippen LogP contribution in [0, 0.1) is 11.6 Å². The predicted molar refractivity (Wildman–Crippen MR) is 79.1 cm³/mol. The molecule has 4 nitrogen and oxygen atoms in total. The van der Waals surface area contributed by atoms with Crippen LogP contribution in [0.4, 0.5) is 8.78 Å². The van der Waals surface area contributed by atoms with Crippen LogP contribution >= 0.6 is 0 Å². The van der Waals surface area contributed by atoms with Crippen molar-refractivity contribution in [2.45, 2.75) is 19.3 Å². The zero-order chi connectivity index (χ0) is 16.2. The Morgan fingerprint density at radius 2 is 1.87 bits per heavy atom. The van der Waals surface area contributed by atoms with E-state index in [2.05, 4.69) is 0 Å². The molecule has 0 radical (unpaired) electrons. The van der Waals surface area contributed by atoms with Gasteiger partial charge in [-0.05, 0) is 11.6 Å². The van der Waals surface area contributed by atoms with Crippen LogP contribution in [0.15, 0.2) is 54.7 Å². The summed E-state index contributed by atoms with van der Waals surface area (Å²) in [5.74, 6) is -2.33. The Kier molecular flexibility index (Phi) is 4.43. The number of hydrogen-bond acceptors (Lipinski definition) is 4. The summed E-state index contributed by atoms with van der Waals surface area (Å²) in [6, 6.07) is 11.9. The minimum atomic E-state index is -0.844. The summed E-state index contributed by atoms with van der Waals surface area (Å²) in [6.45, 7) is -0.0600. The van der Waals surface area contributed by atoms with Gasteiger partial charge in [-0.2, -0.15) is 0 Å². The Hall–Kier alpha value is -2.60. The van der Waals surface area contributed by atoms with Crippen molar-refractivity contribution in [3.63, 3.8) is 0 Å². The van der Waals surface area contributed by atoms with Crippen LogP contribution in [-0.4, -0.2) is 6.29 Å². The molecule has 0 aliphatic carbocycles. The highest BCUT2D eigenvalue weighted by Gasteiger charge is 2.24. The first-order valence-corrected chi connectivity index (χ1v) is 7.08. The molecule has 0 amide bonds. The Morgan fingerprint density at radius 3 is 2.61 bits per heavy atom. The molecular formula is C17H15F2NO3. The van der Waals surface area contributed by atoms with Gasteiger partial charge in [0.2, 0.25) is 12.0 Å². The highest BCUT2D eigenvalue weighted by molar-refractivity contribution is 5.33. The third-order valence-electron chi connectivity index (χ3n) is 3.36. The molecule has 0 bridgehead atoms. The normalized spacial score (nSPS) is 16.5. The maximum Gasteiger partial charge on any atom is 0.324 e. The van der Waals surface area contributed by atoms with E-state index in [9.17, 15) is 8.78 Å². The van der Waals surface area contributed by atoms with Gasteiger partial charge in [0.25, 0.3) is 0 Å². The topological polar surface area (TPSA) is 53.7 Å². The van der Waals surface area contributed by atoms with Crippen LogP contribution in [0.3, 0.4) is 0 Å². The van der Waals surface area contributed by atoms with Gasteiger partial charge in [0, 0.05) is 18.5 Å². The molecular weight excluding hydrogens is 304 g/mol. The van der Waals surface area contributed by atoms with Crippen molar-refractivity contribution in [3.8, 4) is 5.75 Å². The quantitative estimate of drug-likeness (QED) is 0.919. The number of halogens is 2. The summed E-state index contributed by atoms with van der Waals surface area (Å²) in [6.07, 6.45) is 1.08. The Balaban J connectivity index is 1.66. The monoisotopic (exact) mass is 319 g/mol. The molecule has 0 fully saturated rings. The molecule has 1 aliphatic rings. The van der Waals surface area contributed by atoms with Crippen molar-refractivity contribution in [3.05, 3.63) is 77.4 Å². The molecule has 23 heavy (non-hydrogen) atoms. The van der Waals surface area contributed by atoms with Crippen LogP contribution < -0.4 is 10.5 Å². The van der Waals surface area contributed by atoms with Gasteiger partial charge in [0.15, 0.2) is 17.9 Å². The first kappa shape index (κ1) is 15.3. The molecule has 1 heterocycles. The van der Waals surface area contributed by atoms with E-state index in [1.165, 1.54) is 12.3 Å². The first-order valence-electron chi connectivity index (χ1n) is 7.08. The Bertz CT molecular complexity index is 719. The van der Waals surface area contributed by atoms with E-state index in [-0.39, 0.29) is 18.1 Å². The van der Waals surface area contributed by atoms with Crippen molar-refractivity contribution in [1.29, 1.82) is 0 Å². The molecule has 2 aromatic rings. The average Bonchev–Trinajstić information content (AvgIpc) is 3.00. The minimum Gasteiger partial charge on any atom is -0.455 e. The largest absolute Gasteiger partial charge is 0.455 e. The van der Waals surface area contributed by atoms with E-state index in [0.29, 0.717) is 6.42 Å². The van der Waals surface area contributed by atoms with E-state index in [1.54, 1.807) is 0 Å². The molecule has 0 saturated carbocycles. The summed E-state index contributed by atoms with van der Waals surface area (Å²) in [7, 11) is 0. The minimum absolute atomic E-state index is 0.0600. The second-order valence-corrected chi connectivity index (χ2v) is 4.97. The number of ether oxygens (including phenoxy) is 3. The van der Waals surface area contributed by atoms with Gasteiger partial charge in [0.05, 0.1) is 0 Å². The molecule has 2 N–H and O–H groups in total. The van der Waals surface area contributed by atoms with E-state index < -0.39 is 23.7 Å². The lowest BCUT2D eigenvalue weighted by Crippen LogP contribution is -2.14. The summed E-state index contributed by atoms with van der Waals surface area (Å²) < 4.78 is 43.7. The third-order valence-corrected chi connectivity index (χ3v) is 3.36. The highest BCUT2D eigenvalue weighted by Crippen LogP contribution is 2.29. The molecule has 2 aromatic carbocycles. The SMILES string of the molecule is NCc1ccc(F)c(OC2=COC(Cc3ccccc3)O2)c1F. The predicted octanol–water partition coefficient (Wildman–Crippen LogP) is 3.22. The smallest absolute Gasteiger partial charge is 0.324 e. The van der Waals surface area contributed by atoms with E-state index in [0.717, 1.165) is 11.6 Å². The van der Waals surface area contributed by atoms with Gasteiger partial charge in [0.1, 0.15) is 0 Å². The first-order chi connectivity index (χ1) is 11.2. The number of hydrogen-bond donors (Lipinski definition) is 1. The van der Waals surface area contributed by atoms with E-state index in [1.807, 2.05) is 30.3 Å². The maximum atomic E-state index is 14.1. The third kappa shape index (κ3) is 3.43. The number of nitrogens with two attached hydrogens (primary N) is 1. The van der Waals surface area contributed by atoms with Gasteiger partial charge >= 0.3 is 5.95 Å². The van der Waals surface area contributed by atoms with Crippen molar-refractivity contribution in [1.82, 2.24) is 0 Å². The summed E-state index contributed by atoms with van der Waals surface area (Å²) in [5.41, 5.74) is 6.56. The van der Waals surface area contributed by atoms with Crippen molar-refractivity contribution in [2.24, 2.45) is 5.73 Å². The van der Waals surface area contributed by atoms with Gasteiger partial charge < -0.3 is 19.9 Å². The summed E-state index contributed by atoms with van der Waals surface area (Å²) in [4.78, 5) is 0. The fourth-order valence-corrected chi connectivity index (χ4v) is 2.19. The van der Waals surface area contributed by atoms with Gasteiger partial charge in [-0.3, -0.25) is 0 Å². The van der Waals surface area contributed by atoms with E-state index >= 15 is 0 Å². The molecule has 120 valence electrons. The second kappa shape index (κ2) is 6.66. The molecule has 1 aliphatic heterocycles. The molecule has 0 saturated heterocycles. The average molecular weight is 319 g/mol. The van der Waals surface area contributed by atoms with Gasteiger partial charge in [-0.25, -0.2) is 8.78 Å². The molecule has 1 atom stereocenters. The molecule has 0 spiro atoms. The van der Waals surface area contributed by atoms with Crippen LogP contribution in [0.5, 0.6) is 5.75 Å². The lowest BCUT2D eigenvalue weighted by atomic mass is 10.1. The standard InChI is InChI=1S/C17H15F2NO3/c18-13-7-6-12(9-20)16(19)17(13)23-15-10-21-14(22-15)8-11-4-2-1-3-5-11/h1-7,10,14H,8-9,20H2. The Morgan fingerprint density at radius 1 is 1.09 bits per heavy atom. The fraction of sp³-hybridized carbons (Fsp3) is 0.176. The lowest BCUT2D eigenvalue weighted by Gasteiger charge is -2.13. The molecule has 0 aromatic heterocycles. The second-order valence-electron chi connectivity index (χ2n) is 4.97. The van der Waals surface area contributed by atoms with Crippen LogP contribution in [0.2, 0.25) is 0 Å². The van der Waals surface area contributed by atoms with Crippen LogP contribution in [-0.2, 0) is 22.4 Å². The Labute approximate surface area is 132 Å². The summed E-state index contributed by atoms with van der Waals surface area (Å²) in [5, 5.41) is 0. The zero-order valence-corrected chi connectivity index (χ0v) is 12.2.